The molecule has 1 aliphatic heterocycles. The molecule has 1 heterocycles. The van der Waals surface area contributed by atoms with E-state index in [0.29, 0.717) is 5.90 Å². The molecule has 1 aliphatic rings. The Morgan fingerprint density at radius 3 is 2.58 bits per heavy atom. The molecular formula is C8H12BrNO2. The highest BCUT2D eigenvalue weighted by molar-refractivity contribution is 9.09. The van der Waals surface area contributed by atoms with Gasteiger partial charge in [0.25, 0.3) is 0 Å². The molecule has 12 heavy (non-hydrogen) atoms. The quantitative estimate of drug-likeness (QED) is 0.539. The fourth-order valence-electron chi connectivity index (χ4n) is 0.841. The van der Waals surface area contributed by atoms with Crippen molar-refractivity contribution in [3.05, 3.63) is 0 Å². The van der Waals surface area contributed by atoms with Gasteiger partial charge in [-0.15, -0.1) is 0 Å². The van der Waals surface area contributed by atoms with E-state index in [2.05, 4.69) is 20.9 Å². The maximum absolute atomic E-state index is 11.2. The summed E-state index contributed by atoms with van der Waals surface area (Å²) in [6, 6.07) is 0. The van der Waals surface area contributed by atoms with Crippen molar-refractivity contribution in [1.29, 1.82) is 0 Å². The van der Waals surface area contributed by atoms with Gasteiger partial charge in [0.2, 0.25) is 0 Å². The van der Waals surface area contributed by atoms with Crippen molar-refractivity contribution in [2.75, 3.05) is 5.33 Å². The standard InChI is InChI=1S/C8H12BrNO2/c1-5(4-9)6-10-8(2,3)7(11)12-6/h5H,4H2,1-3H3. The topological polar surface area (TPSA) is 38.7 Å². The van der Waals surface area contributed by atoms with Crippen LogP contribution in [0.2, 0.25) is 0 Å². The number of nitrogens with zero attached hydrogens (tertiary/aromatic N) is 1. The Balaban J connectivity index is 2.79. The van der Waals surface area contributed by atoms with E-state index in [9.17, 15) is 4.79 Å². The number of aliphatic imine (C=N–C) groups is 1. The number of carbonyl (C=O) groups excluding carboxylic acids is 1. The van der Waals surface area contributed by atoms with E-state index in [1.54, 1.807) is 13.8 Å². The Morgan fingerprint density at radius 1 is 1.67 bits per heavy atom. The Hall–Kier alpha value is -0.380. The summed E-state index contributed by atoms with van der Waals surface area (Å²) in [6.45, 7) is 5.47. The Labute approximate surface area is 80.3 Å². The number of alkyl halides is 1. The molecule has 1 unspecified atom stereocenters. The first-order valence-corrected chi connectivity index (χ1v) is 4.97. The highest BCUT2D eigenvalue weighted by Gasteiger charge is 2.38. The average molecular weight is 234 g/mol. The van der Waals surface area contributed by atoms with Gasteiger partial charge in [-0.1, -0.05) is 22.9 Å². The molecule has 0 bridgehead atoms. The van der Waals surface area contributed by atoms with Gasteiger partial charge in [-0.2, -0.15) is 0 Å². The monoisotopic (exact) mass is 233 g/mol. The second-order valence-corrected chi connectivity index (χ2v) is 4.10. The Bertz CT molecular complexity index is 235. The Morgan fingerprint density at radius 2 is 2.25 bits per heavy atom. The molecule has 0 radical (unpaired) electrons. The van der Waals surface area contributed by atoms with Crippen LogP contribution in [0.4, 0.5) is 0 Å². The fraction of sp³-hybridized carbons (Fsp3) is 0.750. The van der Waals surface area contributed by atoms with Crippen molar-refractivity contribution < 1.29 is 9.53 Å². The highest BCUT2D eigenvalue weighted by atomic mass is 79.9. The number of rotatable bonds is 2. The van der Waals surface area contributed by atoms with E-state index in [1.165, 1.54) is 0 Å². The third-order valence-corrected chi connectivity index (χ3v) is 2.71. The van der Waals surface area contributed by atoms with Crippen LogP contribution in [0.1, 0.15) is 20.8 Å². The van der Waals surface area contributed by atoms with E-state index in [-0.39, 0.29) is 11.9 Å². The number of carbonyl (C=O) groups is 1. The molecule has 0 aromatic rings. The Kier molecular flexibility index (Phi) is 2.56. The molecule has 0 fully saturated rings. The van der Waals surface area contributed by atoms with Crippen molar-refractivity contribution in [1.82, 2.24) is 0 Å². The minimum Gasteiger partial charge on any atom is -0.410 e. The van der Waals surface area contributed by atoms with Crippen LogP contribution in [-0.4, -0.2) is 22.7 Å². The van der Waals surface area contributed by atoms with Crippen LogP contribution in [-0.2, 0) is 9.53 Å². The van der Waals surface area contributed by atoms with Crippen molar-refractivity contribution in [3.63, 3.8) is 0 Å². The zero-order valence-electron chi connectivity index (χ0n) is 7.43. The van der Waals surface area contributed by atoms with E-state index in [1.807, 2.05) is 6.92 Å². The van der Waals surface area contributed by atoms with Gasteiger partial charge < -0.3 is 4.74 Å². The molecule has 0 aromatic heterocycles. The molecule has 1 rings (SSSR count). The van der Waals surface area contributed by atoms with Crippen molar-refractivity contribution in [2.45, 2.75) is 26.3 Å². The van der Waals surface area contributed by atoms with Gasteiger partial charge in [0.1, 0.15) is 0 Å². The van der Waals surface area contributed by atoms with E-state index in [0.717, 1.165) is 5.33 Å². The molecule has 0 saturated carbocycles. The van der Waals surface area contributed by atoms with Gasteiger partial charge in [-0.05, 0) is 13.8 Å². The first kappa shape index (κ1) is 9.71. The third-order valence-electron chi connectivity index (χ3n) is 1.74. The molecule has 0 aromatic carbocycles. The van der Waals surface area contributed by atoms with Crippen LogP contribution >= 0.6 is 15.9 Å². The summed E-state index contributed by atoms with van der Waals surface area (Å²) in [5.74, 6) is 0.447. The second kappa shape index (κ2) is 3.17. The summed E-state index contributed by atoms with van der Waals surface area (Å²) < 4.78 is 5.01. The average Bonchev–Trinajstić information content (AvgIpc) is 2.25. The maximum Gasteiger partial charge on any atom is 0.340 e. The van der Waals surface area contributed by atoms with Crippen molar-refractivity contribution in [3.8, 4) is 0 Å². The lowest BCUT2D eigenvalue weighted by Gasteiger charge is -2.05. The van der Waals surface area contributed by atoms with E-state index in [4.69, 9.17) is 4.74 Å². The fourth-order valence-corrected chi connectivity index (χ4v) is 1.12. The first-order valence-electron chi connectivity index (χ1n) is 3.85. The van der Waals surface area contributed by atoms with Crippen LogP contribution in [0.15, 0.2) is 4.99 Å². The molecule has 0 spiro atoms. The maximum atomic E-state index is 11.2. The molecule has 1 atom stereocenters. The van der Waals surface area contributed by atoms with Crippen LogP contribution in [0.25, 0.3) is 0 Å². The first-order chi connectivity index (χ1) is 5.47. The van der Waals surface area contributed by atoms with Gasteiger partial charge in [0, 0.05) is 11.2 Å². The minimum absolute atomic E-state index is 0.163. The molecular weight excluding hydrogens is 222 g/mol. The van der Waals surface area contributed by atoms with Crippen LogP contribution in [0.5, 0.6) is 0 Å². The molecule has 68 valence electrons. The lowest BCUT2D eigenvalue weighted by molar-refractivity contribution is -0.138. The largest absolute Gasteiger partial charge is 0.410 e. The lowest BCUT2D eigenvalue weighted by atomic mass is 10.1. The normalized spacial score (nSPS) is 23.3. The van der Waals surface area contributed by atoms with Crippen LogP contribution < -0.4 is 0 Å². The molecule has 3 nitrogen and oxygen atoms in total. The second-order valence-electron chi connectivity index (χ2n) is 3.45. The van der Waals surface area contributed by atoms with Crippen LogP contribution in [0.3, 0.4) is 0 Å². The van der Waals surface area contributed by atoms with Gasteiger partial charge >= 0.3 is 5.97 Å². The third kappa shape index (κ3) is 1.68. The predicted molar refractivity (Wildman–Crippen MR) is 50.6 cm³/mol. The van der Waals surface area contributed by atoms with Gasteiger partial charge in [-0.3, -0.25) is 0 Å². The molecule has 0 amide bonds. The summed E-state index contributed by atoms with van der Waals surface area (Å²) in [4.78, 5) is 15.4. The number of cyclic esters (lactones) is 1. The van der Waals surface area contributed by atoms with E-state index >= 15 is 0 Å². The van der Waals surface area contributed by atoms with Gasteiger partial charge in [0.15, 0.2) is 11.4 Å². The molecule has 0 saturated heterocycles. The SMILES string of the molecule is CC(CBr)C1=NC(C)(C)C(=O)O1. The number of esters is 1. The number of hydrogen-bond donors (Lipinski definition) is 0. The lowest BCUT2D eigenvalue weighted by Crippen LogP contribution is -2.25. The number of halogens is 1. The van der Waals surface area contributed by atoms with Crippen molar-refractivity contribution >= 4 is 27.8 Å². The van der Waals surface area contributed by atoms with Crippen LogP contribution in [0, 0.1) is 5.92 Å². The number of hydrogen-bond acceptors (Lipinski definition) is 3. The summed E-state index contributed by atoms with van der Waals surface area (Å²) in [6.07, 6.45) is 0. The predicted octanol–water partition coefficient (Wildman–Crippen LogP) is 1.75. The zero-order chi connectivity index (χ0) is 9.35. The summed E-state index contributed by atoms with van der Waals surface area (Å²) in [5.41, 5.74) is -0.689. The summed E-state index contributed by atoms with van der Waals surface area (Å²) in [7, 11) is 0. The van der Waals surface area contributed by atoms with Gasteiger partial charge in [0.05, 0.1) is 0 Å². The molecule has 4 heteroatoms. The molecule has 0 N–H and O–H groups in total. The highest BCUT2D eigenvalue weighted by Crippen LogP contribution is 2.22. The summed E-state index contributed by atoms with van der Waals surface area (Å²) >= 11 is 3.31. The minimum atomic E-state index is -0.689. The zero-order valence-corrected chi connectivity index (χ0v) is 9.01. The smallest absolute Gasteiger partial charge is 0.340 e. The number of ether oxygens (including phenoxy) is 1. The van der Waals surface area contributed by atoms with Crippen molar-refractivity contribution in [2.24, 2.45) is 10.9 Å². The molecule has 0 aliphatic carbocycles. The summed E-state index contributed by atoms with van der Waals surface area (Å²) in [5, 5.41) is 0.759. The van der Waals surface area contributed by atoms with E-state index < -0.39 is 5.54 Å². The van der Waals surface area contributed by atoms with Gasteiger partial charge in [-0.25, -0.2) is 9.79 Å².